The molecule has 0 saturated carbocycles. The summed E-state index contributed by atoms with van der Waals surface area (Å²) in [7, 11) is 2.20. The predicted octanol–water partition coefficient (Wildman–Crippen LogP) is 2.30. The van der Waals surface area contributed by atoms with Gasteiger partial charge in [-0.2, -0.15) is 0 Å². The van der Waals surface area contributed by atoms with Crippen molar-refractivity contribution >= 4 is 11.8 Å². The molecule has 0 spiro atoms. The average Bonchev–Trinajstić information content (AvgIpc) is 2.30. The van der Waals surface area contributed by atoms with Gasteiger partial charge in [0.2, 0.25) is 0 Å². The van der Waals surface area contributed by atoms with E-state index in [1.54, 1.807) is 0 Å². The molecule has 1 unspecified atom stereocenters. The fourth-order valence-corrected chi connectivity index (χ4v) is 3.33. The van der Waals surface area contributed by atoms with Gasteiger partial charge in [-0.15, -0.1) is 11.8 Å². The third-order valence-corrected chi connectivity index (χ3v) is 4.56. The van der Waals surface area contributed by atoms with Crippen molar-refractivity contribution in [1.29, 1.82) is 0 Å². The number of hydrogen-bond acceptors (Lipinski definition) is 3. The van der Waals surface area contributed by atoms with E-state index in [9.17, 15) is 0 Å². The quantitative estimate of drug-likeness (QED) is 0.829. The number of hydrogen-bond donors (Lipinski definition) is 1. The van der Waals surface area contributed by atoms with Crippen molar-refractivity contribution in [3.63, 3.8) is 0 Å². The summed E-state index contributed by atoms with van der Waals surface area (Å²) in [5.74, 6) is 1.16. The summed E-state index contributed by atoms with van der Waals surface area (Å²) in [5, 5.41) is 3.59. The van der Waals surface area contributed by atoms with Crippen LogP contribution in [0.25, 0.3) is 0 Å². The molecule has 1 heterocycles. The topological polar surface area (TPSA) is 15.3 Å². The van der Waals surface area contributed by atoms with Crippen molar-refractivity contribution in [2.75, 3.05) is 32.4 Å². The van der Waals surface area contributed by atoms with Gasteiger partial charge in [-0.05, 0) is 32.5 Å². The van der Waals surface area contributed by atoms with Crippen molar-refractivity contribution in [2.45, 2.75) is 24.8 Å². The monoisotopic (exact) mass is 250 g/mol. The minimum atomic E-state index is 0.624. The summed E-state index contributed by atoms with van der Waals surface area (Å²) < 4.78 is 0. The summed E-state index contributed by atoms with van der Waals surface area (Å²) in [5.41, 5.74) is 2.75. The second kappa shape index (κ2) is 5.89. The highest BCUT2D eigenvalue weighted by Gasteiger charge is 2.16. The average molecular weight is 250 g/mol. The Hall–Kier alpha value is -0.510. The summed E-state index contributed by atoms with van der Waals surface area (Å²) in [6.07, 6.45) is 0. The van der Waals surface area contributed by atoms with Gasteiger partial charge in [-0.3, -0.25) is 0 Å². The molecule has 2 nitrogen and oxygen atoms in total. The Morgan fingerprint density at radius 2 is 2.24 bits per heavy atom. The van der Waals surface area contributed by atoms with E-state index in [4.69, 9.17) is 0 Å². The third-order valence-electron chi connectivity index (χ3n) is 3.24. The lowest BCUT2D eigenvalue weighted by atomic mass is 10.2. The second-order valence-electron chi connectivity index (χ2n) is 4.99. The Balaban J connectivity index is 1.90. The Morgan fingerprint density at radius 3 is 3.00 bits per heavy atom. The molecular formula is C14H22N2S. The minimum Gasteiger partial charge on any atom is -0.311 e. The molecule has 1 aromatic carbocycles. The molecule has 94 valence electrons. The molecule has 0 bridgehead atoms. The highest BCUT2D eigenvalue weighted by atomic mass is 32.2. The molecule has 1 aliphatic heterocycles. The van der Waals surface area contributed by atoms with E-state index in [2.05, 4.69) is 49.3 Å². The lowest BCUT2D eigenvalue weighted by Crippen LogP contribution is -2.50. The van der Waals surface area contributed by atoms with Crippen molar-refractivity contribution < 1.29 is 0 Å². The van der Waals surface area contributed by atoms with E-state index in [0.29, 0.717) is 6.04 Å². The molecule has 2 rings (SSSR count). The van der Waals surface area contributed by atoms with Gasteiger partial charge in [-0.25, -0.2) is 0 Å². The maximum Gasteiger partial charge on any atom is 0.0289 e. The van der Waals surface area contributed by atoms with Crippen LogP contribution in [-0.4, -0.2) is 43.4 Å². The molecular weight excluding hydrogens is 228 g/mol. The first-order valence-corrected chi connectivity index (χ1v) is 7.25. The molecule has 1 fully saturated rings. The van der Waals surface area contributed by atoms with Crippen LogP contribution in [0.1, 0.15) is 11.1 Å². The van der Waals surface area contributed by atoms with Gasteiger partial charge in [0.15, 0.2) is 0 Å². The molecule has 1 aliphatic rings. The number of nitrogens with zero attached hydrogens (tertiary/aromatic N) is 1. The second-order valence-corrected chi connectivity index (χ2v) is 6.06. The highest BCUT2D eigenvalue weighted by Crippen LogP contribution is 2.24. The first kappa shape index (κ1) is 12.9. The first-order chi connectivity index (χ1) is 8.15. The van der Waals surface area contributed by atoms with E-state index < -0.39 is 0 Å². The van der Waals surface area contributed by atoms with Crippen LogP contribution in [0.4, 0.5) is 0 Å². The molecule has 1 atom stereocenters. The molecule has 1 N–H and O–H groups in total. The van der Waals surface area contributed by atoms with Crippen LogP contribution in [-0.2, 0) is 0 Å². The number of likely N-dealkylation sites (N-methyl/N-ethyl adjacent to an activating group) is 1. The highest BCUT2D eigenvalue weighted by molar-refractivity contribution is 7.99. The standard InChI is InChI=1S/C14H22N2S/c1-11-4-5-12(2)14(8-11)17-10-13-9-16(3)7-6-15-13/h4-5,8,13,15H,6-7,9-10H2,1-3H3. The number of aryl methyl sites for hydroxylation is 2. The molecule has 3 heteroatoms. The van der Waals surface area contributed by atoms with E-state index >= 15 is 0 Å². The predicted molar refractivity (Wildman–Crippen MR) is 75.9 cm³/mol. The van der Waals surface area contributed by atoms with Crippen molar-refractivity contribution in [2.24, 2.45) is 0 Å². The number of rotatable bonds is 3. The fraction of sp³-hybridized carbons (Fsp3) is 0.571. The number of thioether (sulfide) groups is 1. The van der Waals surface area contributed by atoms with Crippen LogP contribution >= 0.6 is 11.8 Å². The Kier molecular flexibility index (Phi) is 4.48. The van der Waals surface area contributed by atoms with E-state index in [1.165, 1.54) is 22.6 Å². The smallest absolute Gasteiger partial charge is 0.0289 e. The molecule has 1 saturated heterocycles. The van der Waals surface area contributed by atoms with Crippen LogP contribution in [0.3, 0.4) is 0 Å². The van der Waals surface area contributed by atoms with Gasteiger partial charge in [0.05, 0.1) is 0 Å². The van der Waals surface area contributed by atoms with Gasteiger partial charge < -0.3 is 10.2 Å². The number of benzene rings is 1. The molecule has 17 heavy (non-hydrogen) atoms. The van der Waals surface area contributed by atoms with Gasteiger partial charge in [0.25, 0.3) is 0 Å². The molecule has 0 aliphatic carbocycles. The van der Waals surface area contributed by atoms with Crippen LogP contribution in [0.15, 0.2) is 23.1 Å². The SMILES string of the molecule is Cc1ccc(C)c(SCC2CN(C)CCN2)c1. The maximum atomic E-state index is 3.59. The van der Waals surface area contributed by atoms with Crippen molar-refractivity contribution in [3.05, 3.63) is 29.3 Å². The van der Waals surface area contributed by atoms with Crippen molar-refractivity contribution in [1.82, 2.24) is 10.2 Å². The molecule has 0 radical (unpaired) electrons. The largest absolute Gasteiger partial charge is 0.311 e. The van der Waals surface area contributed by atoms with Gasteiger partial charge in [-0.1, -0.05) is 17.7 Å². The Morgan fingerprint density at radius 1 is 1.41 bits per heavy atom. The van der Waals surface area contributed by atoms with E-state index in [1.807, 2.05) is 11.8 Å². The normalized spacial score (nSPS) is 21.7. The molecule has 0 amide bonds. The van der Waals surface area contributed by atoms with Gasteiger partial charge in [0, 0.05) is 36.3 Å². The van der Waals surface area contributed by atoms with Gasteiger partial charge in [0.1, 0.15) is 0 Å². The Bertz CT molecular complexity index is 378. The van der Waals surface area contributed by atoms with Crippen LogP contribution < -0.4 is 5.32 Å². The van der Waals surface area contributed by atoms with Crippen molar-refractivity contribution in [3.8, 4) is 0 Å². The lowest BCUT2D eigenvalue weighted by molar-refractivity contribution is 0.250. The van der Waals surface area contributed by atoms with Crippen LogP contribution in [0.2, 0.25) is 0 Å². The summed E-state index contributed by atoms with van der Waals surface area (Å²) >= 11 is 1.98. The minimum absolute atomic E-state index is 0.624. The number of piperazine rings is 1. The molecule has 0 aromatic heterocycles. The third kappa shape index (κ3) is 3.73. The lowest BCUT2D eigenvalue weighted by Gasteiger charge is -2.30. The zero-order valence-corrected chi connectivity index (χ0v) is 11.8. The van der Waals surface area contributed by atoms with E-state index in [0.717, 1.165) is 18.8 Å². The zero-order chi connectivity index (χ0) is 12.3. The number of nitrogens with one attached hydrogen (secondary N) is 1. The first-order valence-electron chi connectivity index (χ1n) is 6.27. The summed E-state index contributed by atoms with van der Waals surface area (Å²) in [6, 6.07) is 7.33. The summed E-state index contributed by atoms with van der Waals surface area (Å²) in [6.45, 7) is 7.81. The molecule has 1 aromatic rings. The fourth-order valence-electron chi connectivity index (χ4n) is 2.16. The maximum absolute atomic E-state index is 3.59. The summed E-state index contributed by atoms with van der Waals surface area (Å²) in [4.78, 5) is 3.84. The zero-order valence-electron chi connectivity index (χ0n) is 11.0. The van der Waals surface area contributed by atoms with Gasteiger partial charge >= 0.3 is 0 Å². The van der Waals surface area contributed by atoms with E-state index in [-0.39, 0.29) is 0 Å². The Labute approximate surface area is 109 Å². The van der Waals surface area contributed by atoms with Crippen LogP contribution in [0.5, 0.6) is 0 Å². The van der Waals surface area contributed by atoms with Crippen LogP contribution in [0, 0.1) is 13.8 Å².